The average Bonchev–Trinajstić information content (AvgIpc) is 3.10. The van der Waals surface area contributed by atoms with E-state index in [2.05, 4.69) is 5.32 Å². The van der Waals surface area contributed by atoms with Crippen LogP contribution in [-0.4, -0.2) is 23.1 Å². The van der Waals surface area contributed by atoms with Crippen LogP contribution in [0, 0.1) is 0 Å². The summed E-state index contributed by atoms with van der Waals surface area (Å²) in [4.78, 5) is 12.2. The zero-order valence-corrected chi connectivity index (χ0v) is 12.5. The van der Waals surface area contributed by atoms with Crippen molar-refractivity contribution in [1.29, 1.82) is 0 Å². The lowest BCUT2D eigenvalue weighted by Crippen LogP contribution is -2.35. The summed E-state index contributed by atoms with van der Waals surface area (Å²) in [5.74, 6) is 0.978. The third kappa shape index (κ3) is 3.04. The Morgan fingerprint density at radius 2 is 2.14 bits per heavy atom. The molecule has 4 heteroatoms. The van der Waals surface area contributed by atoms with Crippen LogP contribution in [0.25, 0.3) is 10.9 Å². The van der Waals surface area contributed by atoms with Crippen molar-refractivity contribution in [2.24, 2.45) is 0 Å². The molecule has 0 bridgehead atoms. The normalized spacial score (nSPS) is 15.5. The summed E-state index contributed by atoms with van der Waals surface area (Å²) in [6, 6.07) is 8.36. The van der Waals surface area contributed by atoms with Crippen LogP contribution in [0.5, 0.6) is 5.75 Å². The van der Waals surface area contributed by atoms with Crippen molar-refractivity contribution < 1.29 is 9.53 Å². The summed E-state index contributed by atoms with van der Waals surface area (Å²) in [6.45, 7) is 2.99. The maximum atomic E-state index is 12.2. The first-order chi connectivity index (χ1) is 10.3. The van der Waals surface area contributed by atoms with Crippen molar-refractivity contribution in [2.45, 2.75) is 45.2 Å². The Labute approximate surface area is 125 Å². The zero-order valence-electron chi connectivity index (χ0n) is 12.5. The Balaban J connectivity index is 1.74. The predicted octanol–water partition coefficient (Wildman–Crippen LogP) is 3.10. The minimum Gasteiger partial charge on any atom is -0.493 e. The summed E-state index contributed by atoms with van der Waals surface area (Å²) in [5.41, 5.74) is 1.04. The Morgan fingerprint density at radius 3 is 2.90 bits per heavy atom. The summed E-state index contributed by atoms with van der Waals surface area (Å²) in [7, 11) is 0. The maximum absolute atomic E-state index is 12.2. The smallest absolute Gasteiger partial charge is 0.240 e. The van der Waals surface area contributed by atoms with Crippen molar-refractivity contribution >= 4 is 16.8 Å². The van der Waals surface area contributed by atoms with Gasteiger partial charge in [0.1, 0.15) is 12.3 Å². The van der Waals surface area contributed by atoms with Crippen LogP contribution in [0.4, 0.5) is 0 Å². The van der Waals surface area contributed by atoms with E-state index in [0.717, 1.165) is 29.5 Å². The summed E-state index contributed by atoms with van der Waals surface area (Å²) >= 11 is 0. The van der Waals surface area contributed by atoms with E-state index in [4.69, 9.17) is 4.74 Å². The second-order valence-electron chi connectivity index (χ2n) is 5.61. The summed E-state index contributed by atoms with van der Waals surface area (Å²) in [6.07, 6.45) is 6.66. The van der Waals surface area contributed by atoms with Gasteiger partial charge in [0.2, 0.25) is 5.91 Å². The standard InChI is InChI=1S/C17H22N2O2/c1-2-21-16-9-5-8-15-14(16)10-11-19(15)12-17(20)18-13-6-3-4-7-13/h5,8-11,13H,2-4,6-7,12H2,1H3,(H,18,20). The molecule has 2 aromatic rings. The van der Waals surface area contributed by atoms with Crippen LogP contribution < -0.4 is 10.1 Å². The third-order valence-corrected chi connectivity index (χ3v) is 4.11. The molecular weight excluding hydrogens is 264 g/mol. The maximum Gasteiger partial charge on any atom is 0.240 e. The van der Waals surface area contributed by atoms with Crippen molar-refractivity contribution in [3.63, 3.8) is 0 Å². The van der Waals surface area contributed by atoms with Crippen molar-refractivity contribution in [3.8, 4) is 5.75 Å². The number of carbonyl (C=O) groups is 1. The monoisotopic (exact) mass is 286 g/mol. The van der Waals surface area contributed by atoms with Gasteiger partial charge in [0.15, 0.2) is 0 Å². The molecular formula is C17H22N2O2. The SMILES string of the molecule is CCOc1cccc2c1ccn2CC(=O)NC1CCCC1. The highest BCUT2D eigenvalue weighted by Gasteiger charge is 2.17. The molecule has 0 radical (unpaired) electrons. The van der Waals surface area contributed by atoms with Gasteiger partial charge in [-0.15, -0.1) is 0 Å². The Bertz CT molecular complexity index is 627. The Morgan fingerprint density at radius 1 is 1.33 bits per heavy atom. The molecule has 1 aliphatic carbocycles. The van der Waals surface area contributed by atoms with Crippen molar-refractivity contribution in [2.75, 3.05) is 6.61 Å². The molecule has 1 fully saturated rings. The number of amides is 1. The number of aromatic nitrogens is 1. The van der Waals surface area contributed by atoms with E-state index in [9.17, 15) is 4.79 Å². The zero-order chi connectivity index (χ0) is 14.7. The number of hydrogen-bond donors (Lipinski definition) is 1. The fourth-order valence-corrected chi connectivity index (χ4v) is 3.11. The molecule has 1 aromatic carbocycles. The molecule has 0 aliphatic heterocycles. The molecule has 0 saturated heterocycles. The van der Waals surface area contributed by atoms with E-state index in [1.807, 2.05) is 42.0 Å². The largest absolute Gasteiger partial charge is 0.493 e. The fourth-order valence-electron chi connectivity index (χ4n) is 3.11. The molecule has 112 valence electrons. The minimum atomic E-state index is 0.0983. The number of rotatable bonds is 5. The highest BCUT2D eigenvalue weighted by atomic mass is 16.5. The van der Waals surface area contributed by atoms with E-state index in [-0.39, 0.29) is 5.91 Å². The first-order valence-electron chi connectivity index (χ1n) is 7.78. The van der Waals surface area contributed by atoms with Crippen LogP contribution in [0.3, 0.4) is 0 Å². The van der Waals surface area contributed by atoms with Gasteiger partial charge < -0.3 is 14.6 Å². The minimum absolute atomic E-state index is 0.0983. The topological polar surface area (TPSA) is 43.3 Å². The average molecular weight is 286 g/mol. The predicted molar refractivity (Wildman–Crippen MR) is 83.5 cm³/mol. The molecule has 0 atom stereocenters. The number of fused-ring (bicyclic) bond motifs is 1. The van der Waals surface area contributed by atoms with Gasteiger partial charge in [-0.2, -0.15) is 0 Å². The highest BCUT2D eigenvalue weighted by Crippen LogP contribution is 2.26. The van der Waals surface area contributed by atoms with Crippen LogP contribution in [-0.2, 0) is 11.3 Å². The molecule has 1 aliphatic rings. The quantitative estimate of drug-likeness (QED) is 0.918. The van der Waals surface area contributed by atoms with Crippen LogP contribution in [0.15, 0.2) is 30.5 Å². The van der Waals surface area contributed by atoms with E-state index < -0.39 is 0 Å². The molecule has 21 heavy (non-hydrogen) atoms. The molecule has 1 saturated carbocycles. The fraction of sp³-hybridized carbons (Fsp3) is 0.471. The van der Waals surface area contributed by atoms with E-state index in [1.54, 1.807) is 0 Å². The van der Waals surface area contributed by atoms with Gasteiger partial charge in [0.05, 0.1) is 12.1 Å². The lowest BCUT2D eigenvalue weighted by atomic mass is 10.2. The van der Waals surface area contributed by atoms with E-state index >= 15 is 0 Å². The van der Waals surface area contributed by atoms with Crippen LogP contribution in [0.2, 0.25) is 0 Å². The number of hydrogen-bond acceptors (Lipinski definition) is 2. The Kier molecular flexibility index (Phi) is 4.13. The van der Waals surface area contributed by atoms with Gasteiger partial charge in [0, 0.05) is 17.6 Å². The van der Waals surface area contributed by atoms with Gasteiger partial charge in [-0.25, -0.2) is 0 Å². The molecule has 1 aromatic heterocycles. The number of ether oxygens (including phenoxy) is 1. The first-order valence-corrected chi connectivity index (χ1v) is 7.78. The molecule has 1 amide bonds. The number of benzene rings is 1. The summed E-state index contributed by atoms with van der Waals surface area (Å²) in [5, 5.41) is 4.19. The second-order valence-corrected chi connectivity index (χ2v) is 5.61. The molecule has 1 heterocycles. The van der Waals surface area contributed by atoms with Gasteiger partial charge >= 0.3 is 0 Å². The van der Waals surface area contributed by atoms with Gasteiger partial charge in [-0.1, -0.05) is 18.9 Å². The lowest BCUT2D eigenvalue weighted by molar-refractivity contribution is -0.122. The second kappa shape index (κ2) is 6.20. The Hall–Kier alpha value is -1.97. The van der Waals surface area contributed by atoms with E-state index in [1.165, 1.54) is 12.8 Å². The number of carbonyl (C=O) groups excluding carboxylic acids is 1. The molecule has 4 nitrogen and oxygen atoms in total. The number of nitrogens with zero attached hydrogens (tertiary/aromatic N) is 1. The third-order valence-electron chi connectivity index (χ3n) is 4.11. The number of nitrogens with one attached hydrogen (secondary N) is 1. The first kappa shape index (κ1) is 14.0. The lowest BCUT2D eigenvalue weighted by Gasteiger charge is -2.13. The van der Waals surface area contributed by atoms with E-state index in [0.29, 0.717) is 19.2 Å². The van der Waals surface area contributed by atoms with Gasteiger partial charge in [-0.05, 0) is 38.0 Å². The molecule has 1 N–H and O–H groups in total. The van der Waals surface area contributed by atoms with Crippen molar-refractivity contribution in [1.82, 2.24) is 9.88 Å². The van der Waals surface area contributed by atoms with Crippen molar-refractivity contribution in [3.05, 3.63) is 30.5 Å². The molecule has 3 rings (SSSR count). The van der Waals surface area contributed by atoms with Crippen LogP contribution in [0.1, 0.15) is 32.6 Å². The van der Waals surface area contributed by atoms with Crippen LogP contribution >= 0.6 is 0 Å². The van der Waals surface area contributed by atoms with Gasteiger partial charge in [-0.3, -0.25) is 4.79 Å². The molecule has 0 unspecified atom stereocenters. The highest BCUT2D eigenvalue weighted by molar-refractivity contribution is 5.88. The summed E-state index contributed by atoms with van der Waals surface area (Å²) < 4.78 is 7.62. The van der Waals surface area contributed by atoms with Gasteiger partial charge in [0.25, 0.3) is 0 Å². The molecule has 0 spiro atoms.